The summed E-state index contributed by atoms with van der Waals surface area (Å²) in [5.41, 5.74) is 5.31. The molecule has 27 heavy (non-hydrogen) atoms. The highest BCUT2D eigenvalue weighted by atomic mass is 16.5. The lowest BCUT2D eigenvalue weighted by atomic mass is 10.1. The number of nitrogens with zero attached hydrogens (tertiary/aromatic N) is 1. The first-order chi connectivity index (χ1) is 13.1. The largest absolute Gasteiger partial charge is 0.372 e. The van der Waals surface area contributed by atoms with Crippen LogP contribution >= 0.6 is 0 Å². The second-order valence-electron chi connectivity index (χ2n) is 6.86. The standard InChI is InChI=1S/C22H29N3O2/c1-4-25(5-2)19-12-13-20(16(3)15-19)23-17-8-10-18(11-9-17)24-22(26)21-7-6-14-27-21/h8-13,15,21,23H,4-7,14H2,1-3H3,(H,24,26). The Morgan fingerprint density at radius 3 is 2.41 bits per heavy atom. The molecule has 1 fully saturated rings. The van der Waals surface area contributed by atoms with Gasteiger partial charge in [-0.2, -0.15) is 0 Å². The van der Waals surface area contributed by atoms with Crippen LogP contribution in [-0.4, -0.2) is 31.7 Å². The fourth-order valence-corrected chi connectivity index (χ4v) is 3.37. The number of carbonyl (C=O) groups is 1. The highest BCUT2D eigenvalue weighted by molar-refractivity contribution is 5.94. The molecule has 0 radical (unpaired) electrons. The zero-order chi connectivity index (χ0) is 19.2. The normalized spacial score (nSPS) is 16.2. The van der Waals surface area contributed by atoms with Crippen LogP contribution in [0.4, 0.5) is 22.7 Å². The van der Waals surface area contributed by atoms with Gasteiger partial charge in [-0.3, -0.25) is 4.79 Å². The number of amides is 1. The van der Waals surface area contributed by atoms with Crippen molar-refractivity contribution in [1.82, 2.24) is 0 Å². The molecule has 1 aliphatic rings. The zero-order valence-electron chi connectivity index (χ0n) is 16.4. The minimum absolute atomic E-state index is 0.0592. The van der Waals surface area contributed by atoms with E-state index >= 15 is 0 Å². The van der Waals surface area contributed by atoms with Crippen molar-refractivity contribution in [1.29, 1.82) is 0 Å². The Balaban J connectivity index is 1.63. The Kier molecular flexibility index (Phi) is 6.35. The molecule has 0 spiro atoms. The van der Waals surface area contributed by atoms with E-state index < -0.39 is 0 Å². The Morgan fingerprint density at radius 2 is 1.81 bits per heavy atom. The second kappa shape index (κ2) is 8.91. The SMILES string of the molecule is CCN(CC)c1ccc(Nc2ccc(NC(=O)C3CCCO3)cc2)c(C)c1. The lowest BCUT2D eigenvalue weighted by Gasteiger charge is -2.22. The van der Waals surface area contributed by atoms with Gasteiger partial charge in [0, 0.05) is 42.4 Å². The van der Waals surface area contributed by atoms with Crippen LogP contribution in [0, 0.1) is 6.92 Å². The van der Waals surface area contributed by atoms with Crippen LogP contribution in [0.3, 0.4) is 0 Å². The van der Waals surface area contributed by atoms with Gasteiger partial charge in [0.05, 0.1) is 0 Å². The fraction of sp³-hybridized carbons (Fsp3) is 0.409. The van der Waals surface area contributed by atoms with E-state index in [4.69, 9.17) is 4.74 Å². The fourth-order valence-electron chi connectivity index (χ4n) is 3.37. The highest BCUT2D eigenvalue weighted by Gasteiger charge is 2.23. The van der Waals surface area contributed by atoms with E-state index in [1.54, 1.807) is 0 Å². The number of carbonyl (C=O) groups excluding carboxylic acids is 1. The number of hydrogen-bond donors (Lipinski definition) is 2. The maximum atomic E-state index is 12.1. The Morgan fingerprint density at radius 1 is 1.11 bits per heavy atom. The number of hydrogen-bond acceptors (Lipinski definition) is 4. The second-order valence-corrected chi connectivity index (χ2v) is 6.86. The van der Waals surface area contributed by atoms with E-state index in [0.29, 0.717) is 6.61 Å². The van der Waals surface area contributed by atoms with Crippen LogP contribution in [0.15, 0.2) is 42.5 Å². The van der Waals surface area contributed by atoms with Gasteiger partial charge in [0.1, 0.15) is 6.10 Å². The number of aryl methyl sites for hydroxylation is 1. The number of benzene rings is 2. The van der Waals surface area contributed by atoms with Gasteiger partial charge >= 0.3 is 0 Å². The summed E-state index contributed by atoms with van der Waals surface area (Å²) in [7, 11) is 0. The van der Waals surface area contributed by atoms with Crippen LogP contribution < -0.4 is 15.5 Å². The lowest BCUT2D eigenvalue weighted by molar-refractivity contribution is -0.124. The summed E-state index contributed by atoms with van der Waals surface area (Å²) in [5.74, 6) is -0.0592. The van der Waals surface area contributed by atoms with Gasteiger partial charge in [0.2, 0.25) is 0 Å². The summed E-state index contributed by atoms with van der Waals surface area (Å²) in [6.45, 7) is 9.14. The molecule has 1 atom stereocenters. The summed E-state index contributed by atoms with van der Waals surface area (Å²) in [5, 5.41) is 6.38. The van der Waals surface area contributed by atoms with Crippen LogP contribution in [0.5, 0.6) is 0 Å². The quantitative estimate of drug-likeness (QED) is 0.745. The predicted molar refractivity (Wildman–Crippen MR) is 112 cm³/mol. The number of rotatable bonds is 7. The van der Waals surface area contributed by atoms with Crippen molar-refractivity contribution in [2.75, 3.05) is 35.2 Å². The van der Waals surface area contributed by atoms with Gasteiger partial charge in [-0.05, 0) is 81.6 Å². The first-order valence-electron chi connectivity index (χ1n) is 9.76. The molecule has 2 aromatic rings. The Bertz CT molecular complexity index is 764. The molecule has 1 saturated heterocycles. The average molecular weight is 367 g/mol. The Hall–Kier alpha value is -2.53. The van der Waals surface area contributed by atoms with Crippen LogP contribution in [0.25, 0.3) is 0 Å². The summed E-state index contributed by atoms with van der Waals surface area (Å²) in [6, 6.07) is 14.3. The number of nitrogens with one attached hydrogen (secondary N) is 2. The first kappa shape index (κ1) is 19.2. The molecular weight excluding hydrogens is 338 g/mol. The van der Waals surface area contributed by atoms with Crippen molar-refractivity contribution < 1.29 is 9.53 Å². The highest BCUT2D eigenvalue weighted by Crippen LogP contribution is 2.26. The molecule has 0 saturated carbocycles. The maximum absolute atomic E-state index is 12.1. The first-order valence-corrected chi connectivity index (χ1v) is 9.76. The minimum atomic E-state index is -0.310. The summed E-state index contributed by atoms with van der Waals surface area (Å²) in [6.07, 6.45) is 1.44. The molecule has 5 nitrogen and oxygen atoms in total. The molecule has 2 aromatic carbocycles. The van der Waals surface area contributed by atoms with E-state index in [1.165, 1.54) is 11.3 Å². The summed E-state index contributed by atoms with van der Waals surface area (Å²) in [4.78, 5) is 14.5. The topological polar surface area (TPSA) is 53.6 Å². The summed E-state index contributed by atoms with van der Waals surface area (Å²) < 4.78 is 5.42. The van der Waals surface area contributed by atoms with Crippen LogP contribution in [0.2, 0.25) is 0 Å². The molecule has 3 rings (SSSR count). The molecule has 0 aromatic heterocycles. The summed E-state index contributed by atoms with van der Waals surface area (Å²) >= 11 is 0. The van der Waals surface area contributed by atoms with E-state index in [2.05, 4.69) is 54.5 Å². The molecule has 0 bridgehead atoms. The van der Waals surface area contributed by atoms with Crippen molar-refractivity contribution in [3.63, 3.8) is 0 Å². The van der Waals surface area contributed by atoms with Gasteiger partial charge in [-0.15, -0.1) is 0 Å². The molecule has 1 amide bonds. The minimum Gasteiger partial charge on any atom is -0.372 e. The van der Waals surface area contributed by atoms with Crippen LogP contribution in [-0.2, 0) is 9.53 Å². The number of ether oxygens (including phenoxy) is 1. The molecule has 1 heterocycles. The molecule has 144 valence electrons. The van der Waals surface area contributed by atoms with Gasteiger partial charge < -0.3 is 20.3 Å². The van der Waals surface area contributed by atoms with Crippen molar-refractivity contribution >= 4 is 28.7 Å². The number of anilines is 4. The van der Waals surface area contributed by atoms with E-state index in [9.17, 15) is 4.79 Å². The molecule has 1 aliphatic heterocycles. The van der Waals surface area contributed by atoms with Crippen LogP contribution in [0.1, 0.15) is 32.3 Å². The van der Waals surface area contributed by atoms with Gasteiger partial charge in [0.15, 0.2) is 0 Å². The third kappa shape index (κ3) is 4.80. The average Bonchev–Trinajstić information content (AvgIpc) is 3.21. The third-order valence-electron chi connectivity index (χ3n) is 4.99. The predicted octanol–water partition coefficient (Wildman–Crippen LogP) is 4.70. The molecule has 1 unspecified atom stereocenters. The van der Waals surface area contributed by atoms with E-state index in [0.717, 1.165) is 43.0 Å². The van der Waals surface area contributed by atoms with Gasteiger partial charge in [-0.25, -0.2) is 0 Å². The van der Waals surface area contributed by atoms with Crippen molar-refractivity contribution in [2.24, 2.45) is 0 Å². The molecule has 5 heteroatoms. The van der Waals surface area contributed by atoms with Crippen molar-refractivity contribution in [2.45, 2.75) is 39.7 Å². The van der Waals surface area contributed by atoms with Gasteiger partial charge in [0.25, 0.3) is 5.91 Å². The molecule has 2 N–H and O–H groups in total. The maximum Gasteiger partial charge on any atom is 0.253 e. The van der Waals surface area contributed by atoms with Gasteiger partial charge in [-0.1, -0.05) is 0 Å². The zero-order valence-corrected chi connectivity index (χ0v) is 16.4. The lowest BCUT2D eigenvalue weighted by Crippen LogP contribution is -2.26. The third-order valence-corrected chi connectivity index (χ3v) is 4.99. The van der Waals surface area contributed by atoms with Crippen molar-refractivity contribution in [3.8, 4) is 0 Å². The van der Waals surface area contributed by atoms with E-state index in [-0.39, 0.29) is 12.0 Å². The molecular formula is C22H29N3O2. The smallest absolute Gasteiger partial charge is 0.253 e. The Labute approximate surface area is 161 Å². The monoisotopic (exact) mass is 367 g/mol. The molecule has 0 aliphatic carbocycles. The van der Waals surface area contributed by atoms with Crippen molar-refractivity contribution in [3.05, 3.63) is 48.0 Å². The van der Waals surface area contributed by atoms with E-state index in [1.807, 2.05) is 24.3 Å².